The molecule has 0 saturated heterocycles. The van der Waals surface area contributed by atoms with E-state index < -0.39 is 5.97 Å². The number of hydrogen-bond donors (Lipinski definition) is 2. The molecule has 2 heterocycles. The zero-order valence-electron chi connectivity index (χ0n) is 11.6. The third kappa shape index (κ3) is 4.39. The summed E-state index contributed by atoms with van der Waals surface area (Å²) in [6.45, 7) is 2.61. The number of hydrogen-bond acceptors (Lipinski definition) is 4. The topological polar surface area (TPSA) is 79.3 Å². The average molecular weight is 304 g/mol. The van der Waals surface area contributed by atoms with E-state index in [4.69, 9.17) is 5.11 Å². The Balaban J connectivity index is 1.89. The fraction of sp³-hybridized carbons (Fsp3) is 0.267. The fourth-order valence-electron chi connectivity index (χ4n) is 1.90. The maximum Gasteiger partial charge on any atom is 0.354 e. The highest BCUT2D eigenvalue weighted by atomic mass is 32.1. The predicted molar refractivity (Wildman–Crippen MR) is 80.7 cm³/mol. The van der Waals surface area contributed by atoms with Crippen LogP contribution in [0.25, 0.3) is 0 Å². The summed E-state index contributed by atoms with van der Waals surface area (Å²) in [5, 5.41) is 13.7. The molecular formula is C15H16N2O3S. The summed E-state index contributed by atoms with van der Waals surface area (Å²) in [5.41, 5.74) is 0.181. The van der Waals surface area contributed by atoms with Crippen LogP contribution in [0.2, 0.25) is 0 Å². The van der Waals surface area contributed by atoms with Crippen LogP contribution in [0.15, 0.2) is 35.8 Å². The Morgan fingerprint density at radius 3 is 2.90 bits per heavy atom. The third-order valence-corrected chi connectivity index (χ3v) is 3.88. The Morgan fingerprint density at radius 1 is 1.43 bits per heavy atom. The molecular weight excluding hydrogens is 288 g/mol. The van der Waals surface area contributed by atoms with Gasteiger partial charge in [-0.1, -0.05) is 13.0 Å². The van der Waals surface area contributed by atoms with Crippen molar-refractivity contribution in [2.45, 2.75) is 13.3 Å². The van der Waals surface area contributed by atoms with Gasteiger partial charge in [0.2, 0.25) is 0 Å². The molecule has 6 heteroatoms. The van der Waals surface area contributed by atoms with E-state index in [-0.39, 0.29) is 11.6 Å². The van der Waals surface area contributed by atoms with Crippen LogP contribution in [0.5, 0.6) is 0 Å². The molecule has 0 aliphatic rings. The van der Waals surface area contributed by atoms with Gasteiger partial charge < -0.3 is 10.4 Å². The normalized spacial score (nSPS) is 11.9. The number of pyridine rings is 1. The zero-order chi connectivity index (χ0) is 15.2. The van der Waals surface area contributed by atoms with Gasteiger partial charge in [0.25, 0.3) is 5.91 Å². The van der Waals surface area contributed by atoms with E-state index in [1.807, 2.05) is 11.4 Å². The lowest BCUT2D eigenvalue weighted by Gasteiger charge is -2.11. The van der Waals surface area contributed by atoms with Crippen molar-refractivity contribution in [2.24, 2.45) is 5.92 Å². The van der Waals surface area contributed by atoms with Gasteiger partial charge in [0.15, 0.2) is 0 Å². The average Bonchev–Trinajstić information content (AvgIpc) is 2.97. The smallest absolute Gasteiger partial charge is 0.354 e. The van der Waals surface area contributed by atoms with Crippen LogP contribution in [0.4, 0.5) is 0 Å². The molecule has 2 rings (SSSR count). The summed E-state index contributed by atoms with van der Waals surface area (Å²) >= 11 is 1.70. The Kier molecular flexibility index (Phi) is 5.05. The van der Waals surface area contributed by atoms with E-state index in [9.17, 15) is 9.59 Å². The first-order valence-corrected chi connectivity index (χ1v) is 7.44. The Bertz CT molecular complexity index is 626. The number of carbonyl (C=O) groups is 2. The minimum absolute atomic E-state index is 0.130. The molecule has 0 aliphatic heterocycles. The van der Waals surface area contributed by atoms with Crippen molar-refractivity contribution in [1.29, 1.82) is 0 Å². The van der Waals surface area contributed by atoms with Gasteiger partial charge in [-0.3, -0.25) is 4.79 Å². The SMILES string of the molecule is CC(CNC(=O)c1ccnc(C(=O)O)c1)Cc1cccs1. The molecule has 5 nitrogen and oxygen atoms in total. The highest BCUT2D eigenvalue weighted by molar-refractivity contribution is 7.09. The van der Waals surface area contributed by atoms with Gasteiger partial charge in [-0.25, -0.2) is 9.78 Å². The quantitative estimate of drug-likeness (QED) is 0.859. The minimum Gasteiger partial charge on any atom is -0.477 e. The van der Waals surface area contributed by atoms with E-state index in [1.165, 1.54) is 23.2 Å². The largest absolute Gasteiger partial charge is 0.477 e. The molecule has 0 saturated carbocycles. The Hall–Kier alpha value is -2.21. The zero-order valence-corrected chi connectivity index (χ0v) is 12.4. The van der Waals surface area contributed by atoms with Gasteiger partial charge in [0, 0.05) is 23.2 Å². The van der Waals surface area contributed by atoms with Gasteiger partial charge >= 0.3 is 5.97 Å². The third-order valence-electron chi connectivity index (χ3n) is 2.98. The lowest BCUT2D eigenvalue weighted by atomic mass is 10.1. The van der Waals surface area contributed by atoms with Crippen molar-refractivity contribution < 1.29 is 14.7 Å². The van der Waals surface area contributed by atoms with Crippen LogP contribution in [0.1, 0.15) is 32.6 Å². The number of rotatable bonds is 6. The molecule has 0 aromatic carbocycles. The first-order valence-electron chi connectivity index (χ1n) is 6.56. The number of carboxylic acids is 1. The second kappa shape index (κ2) is 6.99. The highest BCUT2D eigenvalue weighted by Crippen LogP contribution is 2.14. The number of carbonyl (C=O) groups excluding carboxylic acids is 1. The number of carboxylic acid groups (broad SMARTS) is 1. The minimum atomic E-state index is -1.14. The monoisotopic (exact) mass is 304 g/mol. The van der Waals surface area contributed by atoms with Crippen LogP contribution in [0.3, 0.4) is 0 Å². The predicted octanol–water partition coefficient (Wildman–Crippen LogP) is 2.45. The van der Waals surface area contributed by atoms with Crippen LogP contribution in [-0.4, -0.2) is 28.5 Å². The molecule has 0 fully saturated rings. The maximum absolute atomic E-state index is 12.0. The molecule has 21 heavy (non-hydrogen) atoms. The number of nitrogens with one attached hydrogen (secondary N) is 1. The van der Waals surface area contributed by atoms with Crippen LogP contribution < -0.4 is 5.32 Å². The molecule has 2 aromatic heterocycles. The molecule has 0 radical (unpaired) electrons. The van der Waals surface area contributed by atoms with Crippen molar-refractivity contribution in [2.75, 3.05) is 6.54 Å². The maximum atomic E-state index is 12.0. The summed E-state index contributed by atoms with van der Waals surface area (Å²) < 4.78 is 0. The lowest BCUT2D eigenvalue weighted by molar-refractivity contribution is 0.0690. The molecule has 0 aliphatic carbocycles. The molecule has 0 spiro atoms. The second-order valence-corrected chi connectivity index (χ2v) is 5.87. The molecule has 1 unspecified atom stereocenters. The molecule has 0 bridgehead atoms. The van der Waals surface area contributed by atoms with Crippen molar-refractivity contribution in [1.82, 2.24) is 10.3 Å². The Morgan fingerprint density at radius 2 is 2.24 bits per heavy atom. The van der Waals surface area contributed by atoms with Crippen LogP contribution in [-0.2, 0) is 6.42 Å². The Labute approximate surface area is 126 Å². The van der Waals surface area contributed by atoms with Crippen LogP contribution >= 0.6 is 11.3 Å². The van der Waals surface area contributed by atoms with Crippen molar-refractivity contribution in [3.63, 3.8) is 0 Å². The van der Waals surface area contributed by atoms with Crippen LogP contribution in [0, 0.1) is 5.92 Å². The summed E-state index contributed by atoms with van der Waals surface area (Å²) in [7, 11) is 0. The molecule has 2 aromatic rings. The van der Waals surface area contributed by atoms with E-state index in [0.717, 1.165) is 6.42 Å². The van der Waals surface area contributed by atoms with E-state index in [2.05, 4.69) is 23.3 Å². The number of amides is 1. The number of nitrogens with zero attached hydrogens (tertiary/aromatic N) is 1. The van der Waals surface area contributed by atoms with Gasteiger partial charge in [-0.05, 0) is 35.9 Å². The fourth-order valence-corrected chi connectivity index (χ4v) is 2.77. The molecule has 1 amide bonds. The van der Waals surface area contributed by atoms with Crippen molar-refractivity contribution in [3.8, 4) is 0 Å². The van der Waals surface area contributed by atoms with Gasteiger partial charge in [0.1, 0.15) is 5.69 Å². The van der Waals surface area contributed by atoms with Gasteiger partial charge in [0.05, 0.1) is 0 Å². The van der Waals surface area contributed by atoms with Gasteiger partial charge in [-0.2, -0.15) is 0 Å². The lowest BCUT2D eigenvalue weighted by Crippen LogP contribution is -2.29. The van der Waals surface area contributed by atoms with Crippen molar-refractivity contribution in [3.05, 3.63) is 52.0 Å². The molecule has 1 atom stereocenters. The molecule has 110 valence electrons. The number of aromatic carboxylic acids is 1. The summed E-state index contributed by atoms with van der Waals surface area (Å²) in [5.74, 6) is -1.11. The number of aromatic nitrogens is 1. The number of thiophene rings is 1. The van der Waals surface area contributed by atoms with E-state index >= 15 is 0 Å². The summed E-state index contributed by atoms with van der Waals surface area (Å²) in [4.78, 5) is 27.8. The summed E-state index contributed by atoms with van der Waals surface area (Å²) in [6, 6.07) is 6.87. The standard InChI is InChI=1S/C15H16N2O3S/c1-10(7-12-3-2-6-21-12)9-17-14(18)11-4-5-16-13(8-11)15(19)20/h2-6,8,10H,7,9H2,1H3,(H,17,18)(H,19,20). The summed E-state index contributed by atoms with van der Waals surface area (Å²) in [6.07, 6.45) is 2.24. The molecule has 2 N–H and O–H groups in total. The first kappa shape index (κ1) is 15.2. The van der Waals surface area contributed by atoms with E-state index in [0.29, 0.717) is 18.0 Å². The highest BCUT2D eigenvalue weighted by Gasteiger charge is 2.12. The second-order valence-electron chi connectivity index (χ2n) is 4.83. The van der Waals surface area contributed by atoms with Gasteiger partial charge in [-0.15, -0.1) is 11.3 Å². The van der Waals surface area contributed by atoms with E-state index in [1.54, 1.807) is 11.3 Å². The first-order chi connectivity index (χ1) is 10.1. The van der Waals surface area contributed by atoms with Crippen molar-refractivity contribution >= 4 is 23.2 Å².